The predicted molar refractivity (Wildman–Crippen MR) is 57.3 cm³/mol. The van der Waals surface area contributed by atoms with Gasteiger partial charge in [-0.05, 0) is 12.1 Å². The van der Waals surface area contributed by atoms with E-state index in [1.807, 2.05) is 37.9 Å². The van der Waals surface area contributed by atoms with Crippen LogP contribution in [0.25, 0.3) is 0 Å². The number of benzene rings is 1. The van der Waals surface area contributed by atoms with Gasteiger partial charge in [0.05, 0.1) is 5.75 Å². The summed E-state index contributed by atoms with van der Waals surface area (Å²) in [5, 5.41) is 3.30. The minimum Gasteiger partial charge on any atom is -0.548 e. The third-order valence-electron chi connectivity index (χ3n) is 2.23. The SMILES string of the molecule is [B](Oc1ccccc1)N1CCNCC1. The highest BCUT2D eigenvalue weighted by atomic mass is 16.4. The highest BCUT2D eigenvalue weighted by molar-refractivity contribution is 6.24. The second-order valence-electron chi connectivity index (χ2n) is 3.32. The number of nitrogens with one attached hydrogen (secondary N) is 1. The Kier molecular flexibility index (Phi) is 3.43. The molecule has 0 spiro atoms. The topological polar surface area (TPSA) is 24.5 Å². The van der Waals surface area contributed by atoms with E-state index in [0.29, 0.717) is 0 Å². The Morgan fingerprint density at radius 2 is 1.86 bits per heavy atom. The van der Waals surface area contributed by atoms with Gasteiger partial charge in [-0.2, -0.15) is 0 Å². The van der Waals surface area contributed by atoms with Crippen LogP contribution in [-0.2, 0) is 0 Å². The number of nitrogens with zero attached hydrogens (tertiary/aromatic N) is 1. The van der Waals surface area contributed by atoms with E-state index in [0.717, 1.165) is 31.9 Å². The largest absolute Gasteiger partial charge is 0.548 e. The molecule has 2 rings (SSSR count). The highest BCUT2D eigenvalue weighted by Gasteiger charge is 2.12. The van der Waals surface area contributed by atoms with E-state index in [4.69, 9.17) is 4.65 Å². The van der Waals surface area contributed by atoms with Crippen LogP contribution in [0.3, 0.4) is 0 Å². The van der Waals surface area contributed by atoms with Crippen LogP contribution >= 0.6 is 0 Å². The fraction of sp³-hybridized carbons (Fsp3) is 0.400. The molecule has 1 N–H and O–H groups in total. The molecule has 0 aromatic heterocycles. The molecule has 1 saturated heterocycles. The Bertz CT molecular complexity index is 262. The molecule has 1 aromatic carbocycles. The van der Waals surface area contributed by atoms with Crippen molar-refractivity contribution in [1.82, 2.24) is 10.1 Å². The van der Waals surface area contributed by atoms with E-state index >= 15 is 0 Å². The smallest absolute Gasteiger partial charge is 0.480 e. The molecule has 1 aliphatic heterocycles. The maximum atomic E-state index is 5.52. The van der Waals surface area contributed by atoms with Crippen molar-refractivity contribution in [2.75, 3.05) is 26.2 Å². The third kappa shape index (κ3) is 2.75. The van der Waals surface area contributed by atoms with Gasteiger partial charge in [-0.15, -0.1) is 0 Å². The van der Waals surface area contributed by atoms with E-state index in [9.17, 15) is 0 Å². The lowest BCUT2D eigenvalue weighted by molar-refractivity contribution is 0.342. The van der Waals surface area contributed by atoms with Crippen molar-refractivity contribution in [3.8, 4) is 5.75 Å². The first-order chi connectivity index (χ1) is 6.95. The van der Waals surface area contributed by atoms with Crippen molar-refractivity contribution in [2.24, 2.45) is 0 Å². The zero-order chi connectivity index (χ0) is 9.64. The molecule has 0 atom stereocenters. The molecular weight excluding hydrogens is 175 g/mol. The number of hydrogen-bond acceptors (Lipinski definition) is 3. The number of rotatable bonds is 3. The summed E-state index contributed by atoms with van der Waals surface area (Å²) in [6, 6.07) is 9.84. The number of para-hydroxylation sites is 1. The Labute approximate surface area is 85.4 Å². The summed E-state index contributed by atoms with van der Waals surface area (Å²) in [5.41, 5.74) is 0. The van der Waals surface area contributed by atoms with Crippen LogP contribution in [0.4, 0.5) is 0 Å². The van der Waals surface area contributed by atoms with Gasteiger partial charge in [0, 0.05) is 26.2 Å². The first-order valence-corrected chi connectivity index (χ1v) is 4.95. The minimum atomic E-state index is 0.894. The third-order valence-corrected chi connectivity index (χ3v) is 2.23. The Morgan fingerprint density at radius 3 is 2.57 bits per heavy atom. The average Bonchev–Trinajstić information content (AvgIpc) is 2.29. The molecule has 0 aliphatic carbocycles. The van der Waals surface area contributed by atoms with Crippen LogP contribution in [0.2, 0.25) is 0 Å². The van der Waals surface area contributed by atoms with Gasteiger partial charge in [0.2, 0.25) is 0 Å². The molecule has 1 fully saturated rings. The van der Waals surface area contributed by atoms with Crippen molar-refractivity contribution in [1.29, 1.82) is 0 Å². The average molecular weight is 189 g/mol. The van der Waals surface area contributed by atoms with Gasteiger partial charge in [-0.1, -0.05) is 18.2 Å². The molecule has 0 saturated carbocycles. The molecule has 1 heterocycles. The van der Waals surface area contributed by atoms with E-state index in [1.165, 1.54) is 0 Å². The van der Waals surface area contributed by atoms with Gasteiger partial charge in [0.25, 0.3) is 0 Å². The van der Waals surface area contributed by atoms with Gasteiger partial charge in [-0.25, -0.2) is 0 Å². The Hall–Kier alpha value is -0.995. The van der Waals surface area contributed by atoms with E-state index < -0.39 is 0 Å². The lowest BCUT2D eigenvalue weighted by Gasteiger charge is -2.25. The lowest BCUT2D eigenvalue weighted by Crippen LogP contribution is -2.46. The molecule has 73 valence electrons. The second-order valence-corrected chi connectivity index (χ2v) is 3.32. The van der Waals surface area contributed by atoms with Crippen molar-refractivity contribution in [3.05, 3.63) is 30.3 Å². The summed E-state index contributed by atoms with van der Waals surface area (Å²) in [6.07, 6.45) is 0. The van der Waals surface area contributed by atoms with E-state index in [-0.39, 0.29) is 0 Å². The maximum Gasteiger partial charge on any atom is 0.480 e. The summed E-state index contributed by atoms with van der Waals surface area (Å²) in [5.74, 6) is 0.894. The van der Waals surface area contributed by atoms with E-state index in [1.54, 1.807) is 0 Å². The predicted octanol–water partition coefficient (Wildman–Crippen LogP) is 0.505. The van der Waals surface area contributed by atoms with Gasteiger partial charge >= 0.3 is 7.62 Å². The Balaban J connectivity index is 1.76. The molecule has 0 unspecified atom stereocenters. The summed E-state index contributed by atoms with van der Waals surface area (Å²) in [6.45, 7) is 4.11. The van der Waals surface area contributed by atoms with Crippen LogP contribution in [0.5, 0.6) is 5.75 Å². The van der Waals surface area contributed by atoms with Crippen LogP contribution in [-0.4, -0.2) is 38.6 Å². The molecule has 1 radical (unpaired) electrons. The van der Waals surface area contributed by atoms with Gasteiger partial charge in [0.1, 0.15) is 0 Å². The monoisotopic (exact) mass is 189 g/mol. The fourth-order valence-corrected chi connectivity index (χ4v) is 1.42. The van der Waals surface area contributed by atoms with Crippen molar-refractivity contribution in [2.45, 2.75) is 0 Å². The zero-order valence-corrected chi connectivity index (χ0v) is 8.15. The van der Waals surface area contributed by atoms with Gasteiger partial charge < -0.3 is 14.8 Å². The second kappa shape index (κ2) is 5.03. The summed E-state index contributed by atoms with van der Waals surface area (Å²) >= 11 is 0. The summed E-state index contributed by atoms with van der Waals surface area (Å²) in [7, 11) is 1.82. The molecule has 1 aromatic rings. The highest BCUT2D eigenvalue weighted by Crippen LogP contribution is 2.07. The minimum absolute atomic E-state index is 0.894. The Morgan fingerprint density at radius 1 is 1.14 bits per heavy atom. The normalized spacial score (nSPS) is 17.7. The van der Waals surface area contributed by atoms with Crippen LogP contribution in [0, 0.1) is 0 Å². The fourth-order valence-electron chi connectivity index (χ4n) is 1.42. The van der Waals surface area contributed by atoms with Crippen molar-refractivity contribution < 1.29 is 4.65 Å². The maximum absolute atomic E-state index is 5.52. The van der Waals surface area contributed by atoms with Gasteiger partial charge in [-0.3, -0.25) is 0 Å². The molecule has 4 heteroatoms. The summed E-state index contributed by atoms with van der Waals surface area (Å²) < 4.78 is 5.52. The lowest BCUT2D eigenvalue weighted by atomic mass is 10.1. The van der Waals surface area contributed by atoms with Crippen LogP contribution < -0.4 is 9.97 Å². The molecule has 3 nitrogen and oxygen atoms in total. The van der Waals surface area contributed by atoms with Crippen molar-refractivity contribution >= 4 is 7.62 Å². The van der Waals surface area contributed by atoms with E-state index in [2.05, 4.69) is 10.1 Å². The summed E-state index contributed by atoms with van der Waals surface area (Å²) in [4.78, 5) is 2.18. The molecule has 0 amide bonds. The van der Waals surface area contributed by atoms with Crippen LogP contribution in [0.15, 0.2) is 30.3 Å². The standard InChI is InChI=1S/C10H14BN2O/c1-2-4-10(5-3-1)14-11-13-8-6-12-7-9-13/h1-5,12H,6-9H2. The first-order valence-electron chi connectivity index (χ1n) is 4.95. The van der Waals surface area contributed by atoms with Crippen molar-refractivity contribution in [3.63, 3.8) is 0 Å². The number of hydrogen-bond donors (Lipinski definition) is 1. The molecule has 0 bridgehead atoms. The first kappa shape index (κ1) is 9.56. The van der Waals surface area contributed by atoms with Gasteiger partial charge in [0.15, 0.2) is 0 Å². The van der Waals surface area contributed by atoms with Crippen LogP contribution in [0.1, 0.15) is 0 Å². The molecular formula is C10H14BN2O. The molecule has 1 aliphatic rings. The quantitative estimate of drug-likeness (QED) is 0.701. The number of piperazine rings is 1. The zero-order valence-electron chi connectivity index (χ0n) is 8.15. The molecule has 14 heavy (non-hydrogen) atoms.